The summed E-state index contributed by atoms with van der Waals surface area (Å²) < 4.78 is 10.5. The number of hydrogen-bond acceptors (Lipinski definition) is 3. The molecule has 0 saturated heterocycles. The van der Waals surface area contributed by atoms with Gasteiger partial charge in [0.25, 0.3) is 0 Å². The highest BCUT2D eigenvalue weighted by Crippen LogP contribution is 2.38. The first-order valence-electron chi connectivity index (χ1n) is 5.63. The monoisotopic (exact) mass is 272 g/mol. The van der Waals surface area contributed by atoms with E-state index in [4.69, 9.17) is 26.2 Å². The van der Waals surface area contributed by atoms with Crippen molar-refractivity contribution in [3.63, 3.8) is 0 Å². The van der Waals surface area contributed by atoms with E-state index in [1.54, 1.807) is 14.2 Å². The number of ether oxygens (including phenoxy) is 2. The summed E-state index contributed by atoms with van der Waals surface area (Å²) in [6.07, 6.45) is 1.25. The second-order valence-corrected chi connectivity index (χ2v) is 4.34. The van der Waals surface area contributed by atoms with E-state index < -0.39 is 5.97 Å². The second kappa shape index (κ2) is 6.50. The highest BCUT2D eigenvalue weighted by atomic mass is 35.5. The molecule has 0 amide bonds. The first-order chi connectivity index (χ1) is 8.51. The van der Waals surface area contributed by atoms with E-state index in [9.17, 15) is 4.79 Å². The van der Waals surface area contributed by atoms with Crippen LogP contribution in [-0.4, -0.2) is 25.3 Å². The van der Waals surface area contributed by atoms with Gasteiger partial charge in [0.2, 0.25) is 0 Å². The van der Waals surface area contributed by atoms with Gasteiger partial charge in [0.15, 0.2) is 0 Å². The van der Waals surface area contributed by atoms with Crippen LogP contribution in [0, 0.1) is 6.92 Å². The summed E-state index contributed by atoms with van der Waals surface area (Å²) in [6.45, 7) is 1.85. The average molecular weight is 273 g/mol. The molecule has 0 unspecified atom stereocenters. The number of rotatable bonds is 6. The fourth-order valence-electron chi connectivity index (χ4n) is 1.80. The number of hydrogen-bond donors (Lipinski definition) is 1. The lowest BCUT2D eigenvalue weighted by Gasteiger charge is -2.15. The maximum Gasteiger partial charge on any atom is 0.303 e. The van der Waals surface area contributed by atoms with Gasteiger partial charge in [-0.2, -0.15) is 0 Å². The molecule has 0 bridgehead atoms. The Morgan fingerprint density at radius 1 is 1.39 bits per heavy atom. The van der Waals surface area contributed by atoms with Crippen molar-refractivity contribution < 1.29 is 19.4 Å². The zero-order valence-corrected chi connectivity index (χ0v) is 11.5. The number of carbonyl (C=O) groups is 1. The predicted octanol–water partition coefficient (Wildman–Crippen LogP) is 3.07. The number of carboxylic acid groups (broad SMARTS) is 1. The molecule has 100 valence electrons. The van der Waals surface area contributed by atoms with Gasteiger partial charge in [-0.05, 0) is 31.4 Å². The first kappa shape index (κ1) is 14.6. The molecule has 5 heteroatoms. The SMILES string of the molecule is COc1cc(CCCC(=O)O)c(OC)c(Cl)c1C. The third-order valence-electron chi connectivity index (χ3n) is 2.76. The number of benzene rings is 1. The largest absolute Gasteiger partial charge is 0.496 e. The molecule has 4 nitrogen and oxygen atoms in total. The van der Waals surface area contributed by atoms with Crippen LogP contribution >= 0.6 is 11.6 Å². The van der Waals surface area contributed by atoms with Crippen molar-refractivity contribution in [1.29, 1.82) is 0 Å². The van der Waals surface area contributed by atoms with Gasteiger partial charge in [-0.3, -0.25) is 4.79 Å². The Morgan fingerprint density at radius 3 is 2.56 bits per heavy atom. The van der Waals surface area contributed by atoms with Gasteiger partial charge >= 0.3 is 5.97 Å². The Hall–Kier alpha value is -1.42. The van der Waals surface area contributed by atoms with Crippen LogP contribution in [0.25, 0.3) is 0 Å². The molecule has 18 heavy (non-hydrogen) atoms. The zero-order chi connectivity index (χ0) is 13.7. The second-order valence-electron chi connectivity index (χ2n) is 3.96. The molecular weight excluding hydrogens is 256 g/mol. The van der Waals surface area contributed by atoms with Gasteiger partial charge < -0.3 is 14.6 Å². The molecule has 0 aromatic heterocycles. The fraction of sp³-hybridized carbons (Fsp3) is 0.462. The smallest absolute Gasteiger partial charge is 0.303 e. The van der Waals surface area contributed by atoms with Crippen molar-refractivity contribution in [2.45, 2.75) is 26.2 Å². The highest BCUT2D eigenvalue weighted by molar-refractivity contribution is 6.33. The summed E-state index contributed by atoms with van der Waals surface area (Å²) in [4.78, 5) is 10.5. The Balaban J connectivity index is 3.01. The number of carboxylic acids is 1. The van der Waals surface area contributed by atoms with Crippen molar-refractivity contribution in [1.82, 2.24) is 0 Å². The molecule has 0 saturated carbocycles. The molecule has 0 atom stereocenters. The first-order valence-corrected chi connectivity index (χ1v) is 6.00. The quantitative estimate of drug-likeness (QED) is 0.865. The van der Waals surface area contributed by atoms with Gasteiger partial charge in [0.05, 0.1) is 19.2 Å². The predicted molar refractivity (Wildman–Crippen MR) is 69.9 cm³/mol. The number of methoxy groups -OCH3 is 2. The lowest BCUT2D eigenvalue weighted by Crippen LogP contribution is -2.00. The molecular formula is C13H17ClO4. The normalized spacial score (nSPS) is 10.2. The van der Waals surface area contributed by atoms with E-state index in [0.717, 1.165) is 11.1 Å². The van der Waals surface area contributed by atoms with E-state index in [2.05, 4.69) is 0 Å². The molecule has 1 aromatic carbocycles. The van der Waals surface area contributed by atoms with Gasteiger partial charge in [-0.15, -0.1) is 0 Å². The summed E-state index contributed by atoms with van der Waals surface area (Å²) in [5.41, 5.74) is 1.68. The van der Waals surface area contributed by atoms with Gasteiger partial charge in [0, 0.05) is 12.0 Å². The summed E-state index contributed by atoms with van der Waals surface area (Å²) in [7, 11) is 3.12. The maximum atomic E-state index is 10.5. The molecule has 0 fully saturated rings. The Labute approximate surface area is 111 Å². The summed E-state index contributed by atoms with van der Waals surface area (Å²) in [5.74, 6) is 0.477. The molecule has 0 aliphatic carbocycles. The summed E-state index contributed by atoms with van der Waals surface area (Å²) in [6, 6.07) is 1.85. The van der Waals surface area contributed by atoms with Crippen LogP contribution in [0.1, 0.15) is 24.0 Å². The van der Waals surface area contributed by atoms with Crippen molar-refractivity contribution in [2.24, 2.45) is 0 Å². The van der Waals surface area contributed by atoms with Crippen LogP contribution in [0.3, 0.4) is 0 Å². The van der Waals surface area contributed by atoms with E-state index in [0.29, 0.717) is 29.4 Å². The van der Waals surface area contributed by atoms with Crippen molar-refractivity contribution in [3.8, 4) is 11.5 Å². The molecule has 1 rings (SSSR count). The lowest BCUT2D eigenvalue weighted by atomic mass is 10.0. The van der Waals surface area contributed by atoms with Gasteiger partial charge in [0.1, 0.15) is 11.5 Å². The minimum absolute atomic E-state index is 0.122. The molecule has 0 aliphatic rings. The Morgan fingerprint density at radius 2 is 2.06 bits per heavy atom. The number of halogens is 1. The zero-order valence-electron chi connectivity index (χ0n) is 10.7. The van der Waals surface area contributed by atoms with E-state index in [1.807, 2.05) is 13.0 Å². The topological polar surface area (TPSA) is 55.8 Å². The third kappa shape index (κ3) is 3.29. The highest BCUT2D eigenvalue weighted by Gasteiger charge is 2.15. The van der Waals surface area contributed by atoms with Crippen LogP contribution in [0.2, 0.25) is 5.02 Å². The number of aryl methyl sites for hydroxylation is 1. The fourth-order valence-corrected chi connectivity index (χ4v) is 2.09. The van der Waals surface area contributed by atoms with Gasteiger partial charge in [-0.25, -0.2) is 0 Å². The van der Waals surface area contributed by atoms with E-state index >= 15 is 0 Å². The molecule has 0 spiro atoms. The molecule has 1 N–H and O–H groups in total. The van der Waals surface area contributed by atoms with Crippen LogP contribution in [-0.2, 0) is 11.2 Å². The van der Waals surface area contributed by atoms with E-state index in [-0.39, 0.29) is 6.42 Å². The third-order valence-corrected chi connectivity index (χ3v) is 3.21. The van der Waals surface area contributed by atoms with Crippen LogP contribution < -0.4 is 9.47 Å². The maximum absolute atomic E-state index is 10.5. The Kier molecular flexibility index (Phi) is 5.28. The molecule has 0 aliphatic heterocycles. The lowest BCUT2D eigenvalue weighted by molar-refractivity contribution is -0.137. The average Bonchev–Trinajstić information content (AvgIpc) is 2.33. The Bertz CT molecular complexity index is 443. The minimum atomic E-state index is -0.806. The van der Waals surface area contributed by atoms with Crippen LogP contribution in [0.15, 0.2) is 6.07 Å². The van der Waals surface area contributed by atoms with Gasteiger partial charge in [-0.1, -0.05) is 11.6 Å². The van der Waals surface area contributed by atoms with E-state index in [1.165, 1.54) is 0 Å². The molecule has 0 radical (unpaired) electrons. The van der Waals surface area contributed by atoms with Crippen LogP contribution in [0.5, 0.6) is 11.5 Å². The molecule has 1 aromatic rings. The number of aliphatic carboxylic acids is 1. The van der Waals surface area contributed by atoms with Crippen molar-refractivity contribution >= 4 is 17.6 Å². The summed E-state index contributed by atoms with van der Waals surface area (Å²) in [5, 5.41) is 9.15. The molecule has 0 heterocycles. The van der Waals surface area contributed by atoms with Crippen molar-refractivity contribution in [2.75, 3.05) is 14.2 Å². The minimum Gasteiger partial charge on any atom is -0.496 e. The summed E-state index contributed by atoms with van der Waals surface area (Å²) >= 11 is 6.20. The van der Waals surface area contributed by atoms with Crippen LogP contribution in [0.4, 0.5) is 0 Å². The standard InChI is InChI=1S/C13H17ClO4/c1-8-10(17-2)7-9(5-4-6-11(15)16)13(18-3)12(8)14/h7H,4-6H2,1-3H3,(H,15,16). The van der Waals surface area contributed by atoms with Crippen molar-refractivity contribution in [3.05, 3.63) is 22.2 Å².